The van der Waals surface area contributed by atoms with E-state index in [0.29, 0.717) is 11.5 Å². The SMILES string of the molecule is CC1(C)CCC(n2cncc2CNC2CC2)C1. The van der Waals surface area contributed by atoms with Gasteiger partial charge in [0, 0.05) is 24.8 Å². The molecule has 0 radical (unpaired) electrons. The molecule has 1 atom stereocenters. The highest BCUT2D eigenvalue weighted by molar-refractivity contribution is 5.03. The predicted molar refractivity (Wildman–Crippen MR) is 68.8 cm³/mol. The topological polar surface area (TPSA) is 29.9 Å². The molecule has 0 aromatic carbocycles. The van der Waals surface area contributed by atoms with Gasteiger partial charge in [-0.2, -0.15) is 0 Å². The Morgan fingerprint density at radius 1 is 1.41 bits per heavy atom. The van der Waals surface area contributed by atoms with Crippen molar-refractivity contribution in [3.8, 4) is 0 Å². The summed E-state index contributed by atoms with van der Waals surface area (Å²) in [6.07, 6.45) is 10.7. The third kappa shape index (κ3) is 2.54. The van der Waals surface area contributed by atoms with Crippen LogP contribution in [0.3, 0.4) is 0 Å². The molecular formula is C14H23N3. The molecule has 94 valence electrons. The molecule has 2 saturated carbocycles. The van der Waals surface area contributed by atoms with Gasteiger partial charge in [-0.1, -0.05) is 13.8 Å². The largest absolute Gasteiger partial charge is 0.330 e. The zero-order valence-electron chi connectivity index (χ0n) is 10.9. The standard InChI is InChI=1S/C14H23N3/c1-14(2)6-5-12(7-14)17-10-15-8-13(17)9-16-11-3-4-11/h8,10-12,16H,3-7,9H2,1-2H3. The van der Waals surface area contributed by atoms with Crippen LogP contribution in [-0.2, 0) is 6.54 Å². The Balaban J connectivity index is 1.67. The number of nitrogens with one attached hydrogen (secondary N) is 1. The van der Waals surface area contributed by atoms with Gasteiger partial charge < -0.3 is 9.88 Å². The van der Waals surface area contributed by atoms with Gasteiger partial charge in [0.1, 0.15) is 0 Å². The number of aromatic nitrogens is 2. The Kier molecular flexibility index (Phi) is 2.74. The van der Waals surface area contributed by atoms with Gasteiger partial charge in [-0.05, 0) is 37.5 Å². The Morgan fingerprint density at radius 3 is 2.88 bits per heavy atom. The van der Waals surface area contributed by atoms with Crippen molar-refractivity contribution in [1.29, 1.82) is 0 Å². The maximum atomic E-state index is 4.34. The summed E-state index contributed by atoms with van der Waals surface area (Å²) in [7, 11) is 0. The zero-order chi connectivity index (χ0) is 11.9. The van der Waals surface area contributed by atoms with E-state index in [9.17, 15) is 0 Å². The molecule has 1 aromatic rings. The Morgan fingerprint density at radius 2 is 2.24 bits per heavy atom. The highest BCUT2D eigenvalue weighted by atomic mass is 15.1. The lowest BCUT2D eigenvalue weighted by molar-refractivity contribution is 0.356. The molecule has 1 heterocycles. The van der Waals surface area contributed by atoms with Crippen molar-refractivity contribution in [2.24, 2.45) is 5.41 Å². The van der Waals surface area contributed by atoms with Crippen LogP contribution in [0.2, 0.25) is 0 Å². The number of hydrogen-bond donors (Lipinski definition) is 1. The minimum absolute atomic E-state index is 0.510. The van der Waals surface area contributed by atoms with Crippen molar-refractivity contribution < 1.29 is 0 Å². The summed E-state index contributed by atoms with van der Waals surface area (Å²) in [6.45, 7) is 5.75. The summed E-state index contributed by atoms with van der Waals surface area (Å²) >= 11 is 0. The van der Waals surface area contributed by atoms with Crippen LogP contribution in [-0.4, -0.2) is 15.6 Å². The van der Waals surface area contributed by atoms with E-state index in [-0.39, 0.29) is 0 Å². The van der Waals surface area contributed by atoms with Gasteiger partial charge in [0.2, 0.25) is 0 Å². The first kappa shape index (κ1) is 11.3. The lowest BCUT2D eigenvalue weighted by Crippen LogP contribution is -2.19. The minimum Gasteiger partial charge on any atom is -0.330 e. The zero-order valence-corrected chi connectivity index (χ0v) is 10.9. The van der Waals surface area contributed by atoms with Crippen LogP contribution < -0.4 is 5.32 Å². The summed E-state index contributed by atoms with van der Waals surface area (Å²) < 4.78 is 2.41. The second-order valence-electron chi connectivity index (χ2n) is 6.51. The summed E-state index contributed by atoms with van der Waals surface area (Å²) in [5.41, 5.74) is 1.87. The quantitative estimate of drug-likeness (QED) is 0.866. The Bertz CT molecular complexity index is 390. The van der Waals surface area contributed by atoms with Crippen LogP contribution in [0.25, 0.3) is 0 Å². The molecule has 3 heteroatoms. The van der Waals surface area contributed by atoms with Crippen LogP contribution in [0.1, 0.15) is 57.7 Å². The van der Waals surface area contributed by atoms with Crippen LogP contribution in [0.15, 0.2) is 12.5 Å². The molecule has 1 aromatic heterocycles. The van der Waals surface area contributed by atoms with Crippen LogP contribution >= 0.6 is 0 Å². The molecule has 0 saturated heterocycles. The monoisotopic (exact) mass is 233 g/mol. The highest BCUT2D eigenvalue weighted by Gasteiger charge is 2.32. The molecule has 2 aliphatic rings. The predicted octanol–water partition coefficient (Wildman–Crippen LogP) is 2.89. The Labute approximate surface area is 104 Å². The summed E-state index contributed by atoms with van der Waals surface area (Å²) in [4.78, 5) is 4.34. The molecule has 1 N–H and O–H groups in total. The average molecular weight is 233 g/mol. The number of hydrogen-bond acceptors (Lipinski definition) is 2. The first-order valence-electron chi connectivity index (χ1n) is 6.88. The normalized spacial score (nSPS) is 27.5. The van der Waals surface area contributed by atoms with Crippen molar-refractivity contribution in [1.82, 2.24) is 14.9 Å². The van der Waals surface area contributed by atoms with Crippen molar-refractivity contribution in [2.75, 3.05) is 0 Å². The van der Waals surface area contributed by atoms with Crippen LogP contribution in [0, 0.1) is 5.41 Å². The van der Waals surface area contributed by atoms with Gasteiger partial charge in [-0.15, -0.1) is 0 Å². The van der Waals surface area contributed by atoms with Crippen molar-refractivity contribution in [2.45, 2.75) is 64.6 Å². The molecule has 17 heavy (non-hydrogen) atoms. The lowest BCUT2D eigenvalue weighted by atomic mass is 9.92. The molecule has 0 spiro atoms. The lowest BCUT2D eigenvalue weighted by Gasteiger charge is -2.19. The van der Waals surface area contributed by atoms with E-state index in [4.69, 9.17) is 0 Å². The third-order valence-corrected chi connectivity index (χ3v) is 4.23. The molecule has 0 amide bonds. The highest BCUT2D eigenvalue weighted by Crippen LogP contribution is 2.43. The van der Waals surface area contributed by atoms with E-state index in [1.807, 2.05) is 12.5 Å². The molecule has 2 aliphatic carbocycles. The first-order valence-corrected chi connectivity index (χ1v) is 6.88. The van der Waals surface area contributed by atoms with Crippen molar-refractivity contribution >= 4 is 0 Å². The number of rotatable bonds is 4. The second-order valence-corrected chi connectivity index (χ2v) is 6.51. The fraction of sp³-hybridized carbons (Fsp3) is 0.786. The maximum absolute atomic E-state index is 4.34. The molecule has 3 rings (SSSR count). The summed E-state index contributed by atoms with van der Waals surface area (Å²) in [5.74, 6) is 0. The molecule has 2 fully saturated rings. The molecule has 1 unspecified atom stereocenters. The fourth-order valence-corrected chi connectivity index (χ4v) is 2.97. The van der Waals surface area contributed by atoms with Crippen LogP contribution in [0.5, 0.6) is 0 Å². The van der Waals surface area contributed by atoms with Gasteiger partial charge in [0.25, 0.3) is 0 Å². The van der Waals surface area contributed by atoms with E-state index in [1.54, 1.807) is 0 Å². The van der Waals surface area contributed by atoms with Gasteiger partial charge in [0.05, 0.1) is 12.0 Å². The van der Waals surface area contributed by atoms with E-state index in [1.165, 1.54) is 37.8 Å². The maximum Gasteiger partial charge on any atom is 0.0951 e. The first-order chi connectivity index (χ1) is 8.14. The van der Waals surface area contributed by atoms with Crippen molar-refractivity contribution in [3.05, 3.63) is 18.2 Å². The van der Waals surface area contributed by atoms with Crippen LogP contribution in [0.4, 0.5) is 0 Å². The van der Waals surface area contributed by atoms with E-state index in [0.717, 1.165) is 12.6 Å². The Hall–Kier alpha value is -0.830. The van der Waals surface area contributed by atoms with E-state index in [2.05, 4.69) is 28.7 Å². The average Bonchev–Trinajstić information content (AvgIpc) is 2.87. The summed E-state index contributed by atoms with van der Waals surface area (Å²) in [6, 6.07) is 1.45. The molecular weight excluding hydrogens is 210 g/mol. The molecule has 0 aliphatic heterocycles. The second kappa shape index (κ2) is 4.13. The fourth-order valence-electron chi connectivity index (χ4n) is 2.97. The molecule has 3 nitrogen and oxygen atoms in total. The third-order valence-electron chi connectivity index (χ3n) is 4.23. The van der Waals surface area contributed by atoms with Gasteiger partial charge in [-0.3, -0.25) is 0 Å². The summed E-state index contributed by atoms with van der Waals surface area (Å²) in [5, 5.41) is 3.58. The minimum atomic E-state index is 0.510. The van der Waals surface area contributed by atoms with E-state index < -0.39 is 0 Å². The van der Waals surface area contributed by atoms with Crippen molar-refractivity contribution in [3.63, 3.8) is 0 Å². The van der Waals surface area contributed by atoms with E-state index >= 15 is 0 Å². The molecule has 0 bridgehead atoms. The smallest absolute Gasteiger partial charge is 0.0951 e. The van der Waals surface area contributed by atoms with Gasteiger partial charge in [0.15, 0.2) is 0 Å². The van der Waals surface area contributed by atoms with Gasteiger partial charge >= 0.3 is 0 Å². The van der Waals surface area contributed by atoms with Gasteiger partial charge in [-0.25, -0.2) is 4.98 Å². The number of imidazole rings is 1. The number of nitrogens with zero attached hydrogens (tertiary/aromatic N) is 2.